The quantitative estimate of drug-likeness (QED) is 0.847. The lowest BCUT2D eigenvalue weighted by atomic mass is 9.90. The number of aliphatic imine (C=N–C) groups is 1. The van der Waals surface area contributed by atoms with Gasteiger partial charge >= 0.3 is 0 Å². The molecule has 2 rings (SSSR count). The molecule has 0 radical (unpaired) electrons. The molecular weight excluding hydrogens is 272 g/mol. The molecule has 0 amide bonds. The zero-order chi connectivity index (χ0) is 13.9. The maximum absolute atomic E-state index is 4.72. The zero-order valence-electron chi connectivity index (χ0n) is 12.7. The Kier molecular flexibility index (Phi) is 5.53. The topological polar surface area (TPSA) is 24.4 Å². The van der Waals surface area contributed by atoms with Gasteiger partial charge in [-0.25, -0.2) is 0 Å². The molecule has 0 bridgehead atoms. The van der Waals surface area contributed by atoms with Gasteiger partial charge in [0.1, 0.15) is 0 Å². The summed E-state index contributed by atoms with van der Waals surface area (Å²) in [7, 11) is 0. The second-order valence-corrected chi connectivity index (χ2v) is 9.33. The number of rotatable bonds is 3. The highest BCUT2D eigenvalue weighted by atomic mass is 32.2. The van der Waals surface area contributed by atoms with E-state index in [2.05, 4.69) is 32.3 Å². The highest BCUT2D eigenvalue weighted by Gasteiger charge is 2.29. The van der Waals surface area contributed by atoms with Crippen LogP contribution in [0.25, 0.3) is 0 Å². The second kappa shape index (κ2) is 6.75. The van der Waals surface area contributed by atoms with E-state index in [1.165, 1.54) is 37.3 Å². The lowest BCUT2D eigenvalue weighted by Gasteiger charge is -2.31. The van der Waals surface area contributed by atoms with Crippen molar-refractivity contribution in [3.63, 3.8) is 0 Å². The van der Waals surface area contributed by atoms with Gasteiger partial charge in [-0.3, -0.25) is 4.99 Å². The normalized spacial score (nSPS) is 32.2. The van der Waals surface area contributed by atoms with Crippen molar-refractivity contribution in [2.75, 3.05) is 12.8 Å². The van der Waals surface area contributed by atoms with E-state index >= 15 is 0 Å². The largest absolute Gasteiger partial charge is 0.361 e. The van der Waals surface area contributed by atoms with Gasteiger partial charge in [-0.1, -0.05) is 45.4 Å². The SMILES string of the molecule is CSC1CCCCC1NC1=NCC(CC(C)(C)C)S1. The number of thioether (sulfide) groups is 2. The molecule has 4 heteroatoms. The molecule has 2 nitrogen and oxygen atoms in total. The van der Waals surface area contributed by atoms with E-state index in [-0.39, 0.29) is 0 Å². The summed E-state index contributed by atoms with van der Waals surface area (Å²) < 4.78 is 0. The Balaban J connectivity index is 1.81. The first-order valence-corrected chi connectivity index (χ1v) is 9.65. The molecule has 1 saturated carbocycles. The lowest BCUT2D eigenvalue weighted by Crippen LogP contribution is -2.42. The molecule has 2 aliphatic rings. The third-order valence-electron chi connectivity index (χ3n) is 3.87. The van der Waals surface area contributed by atoms with Gasteiger partial charge in [-0.2, -0.15) is 11.8 Å². The summed E-state index contributed by atoms with van der Waals surface area (Å²) in [5.74, 6) is 0. The monoisotopic (exact) mass is 300 g/mol. The van der Waals surface area contributed by atoms with E-state index in [0.29, 0.717) is 16.7 Å². The van der Waals surface area contributed by atoms with Gasteiger partial charge in [-0.15, -0.1) is 0 Å². The van der Waals surface area contributed by atoms with E-state index in [1.54, 1.807) is 0 Å². The van der Waals surface area contributed by atoms with Crippen LogP contribution in [0.5, 0.6) is 0 Å². The van der Waals surface area contributed by atoms with Gasteiger partial charge in [0, 0.05) is 16.5 Å². The molecule has 110 valence electrons. The molecule has 3 atom stereocenters. The van der Waals surface area contributed by atoms with Crippen molar-refractivity contribution in [1.29, 1.82) is 0 Å². The Bertz CT molecular complexity index is 323. The first-order valence-electron chi connectivity index (χ1n) is 7.48. The molecule has 0 aromatic rings. The molecule has 0 spiro atoms. The predicted octanol–water partition coefficient (Wildman–Crippen LogP) is 4.16. The van der Waals surface area contributed by atoms with E-state index in [1.807, 2.05) is 23.5 Å². The fraction of sp³-hybridized carbons (Fsp3) is 0.933. The molecule has 0 aromatic carbocycles. The summed E-state index contributed by atoms with van der Waals surface area (Å²) in [6, 6.07) is 0.642. The molecule has 1 N–H and O–H groups in total. The highest BCUT2D eigenvalue weighted by molar-refractivity contribution is 8.14. The average molecular weight is 301 g/mol. The van der Waals surface area contributed by atoms with Crippen LogP contribution in [0.3, 0.4) is 0 Å². The Morgan fingerprint density at radius 1 is 1.32 bits per heavy atom. The smallest absolute Gasteiger partial charge is 0.157 e. The molecule has 0 saturated heterocycles. The van der Waals surface area contributed by atoms with Gasteiger partial charge in [0.15, 0.2) is 5.17 Å². The van der Waals surface area contributed by atoms with Crippen LogP contribution >= 0.6 is 23.5 Å². The number of hydrogen-bond acceptors (Lipinski definition) is 4. The maximum Gasteiger partial charge on any atom is 0.157 e. The first-order chi connectivity index (χ1) is 8.98. The van der Waals surface area contributed by atoms with Crippen molar-refractivity contribution < 1.29 is 0 Å². The molecule has 19 heavy (non-hydrogen) atoms. The summed E-state index contributed by atoms with van der Waals surface area (Å²) in [6.45, 7) is 7.97. The molecule has 0 aromatic heterocycles. The number of hydrogen-bond donors (Lipinski definition) is 1. The van der Waals surface area contributed by atoms with Crippen LogP contribution in [0, 0.1) is 5.41 Å². The van der Waals surface area contributed by atoms with E-state index in [0.717, 1.165) is 11.8 Å². The van der Waals surface area contributed by atoms with E-state index in [9.17, 15) is 0 Å². The summed E-state index contributed by atoms with van der Waals surface area (Å²) in [5.41, 5.74) is 0.412. The predicted molar refractivity (Wildman–Crippen MR) is 90.4 cm³/mol. The van der Waals surface area contributed by atoms with E-state index < -0.39 is 0 Å². The van der Waals surface area contributed by atoms with Crippen molar-refractivity contribution in [3.8, 4) is 0 Å². The molecule has 1 aliphatic heterocycles. The van der Waals surface area contributed by atoms with Crippen LogP contribution in [0.15, 0.2) is 4.99 Å². The average Bonchev–Trinajstić information content (AvgIpc) is 2.75. The zero-order valence-corrected chi connectivity index (χ0v) is 14.4. The minimum atomic E-state index is 0.412. The third kappa shape index (κ3) is 4.89. The standard InChI is InChI=1S/C15H28N2S2/c1-15(2,3)9-11-10-16-14(19-11)17-12-7-5-6-8-13(12)18-4/h11-13H,5-10H2,1-4H3,(H,16,17). The summed E-state index contributed by atoms with van der Waals surface area (Å²) in [6.07, 6.45) is 8.95. The minimum Gasteiger partial charge on any atom is -0.361 e. The molecule has 1 fully saturated rings. The van der Waals surface area contributed by atoms with E-state index in [4.69, 9.17) is 4.99 Å². The van der Waals surface area contributed by atoms with Crippen LogP contribution < -0.4 is 5.32 Å². The van der Waals surface area contributed by atoms with Crippen LogP contribution in [-0.4, -0.2) is 34.5 Å². The number of amidine groups is 1. The Morgan fingerprint density at radius 3 is 2.74 bits per heavy atom. The number of nitrogens with zero attached hydrogens (tertiary/aromatic N) is 1. The van der Waals surface area contributed by atoms with Crippen molar-refractivity contribution in [1.82, 2.24) is 5.32 Å². The highest BCUT2D eigenvalue weighted by Crippen LogP contribution is 2.33. The van der Waals surface area contributed by atoms with Crippen LogP contribution in [0.4, 0.5) is 0 Å². The van der Waals surface area contributed by atoms with Crippen LogP contribution in [-0.2, 0) is 0 Å². The van der Waals surface area contributed by atoms with Crippen molar-refractivity contribution >= 4 is 28.7 Å². The summed E-state index contributed by atoms with van der Waals surface area (Å²) >= 11 is 3.99. The molecule has 3 unspecified atom stereocenters. The molecular formula is C15H28N2S2. The minimum absolute atomic E-state index is 0.412. The van der Waals surface area contributed by atoms with Gasteiger partial charge in [0.25, 0.3) is 0 Å². The molecule has 1 heterocycles. The van der Waals surface area contributed by atoms with Gasteiger partial charge in [-0.05, 0) is 30.9 Å². The summed E-state index contributed by atoms with van der Waals surface area (Å²) in [4.78, 5) is 4.72. The third-order valence-corrected chi connectivity index (χ3v) is 6.16. The van der Waals surface area contributed by atoms with Crippen LogP contribution in [0.1, 0.15) is 52.9 Å². The maximum atomic E-state index is 4.72. The van der Waals surface area contributed by atoms with Crippen molar-refractivity contribution in [3.05, 3.63) is 0 Å². The Labute approximate surface area is 127 Å². The summed E-state index contributed by atoms with van der Waals surface area (Å²) in [5, 5.41) is 6.39. The fourth-order valence-corrected chi connectivity index (χ4v) is 5.34. The Hall–Kier alpha value is 0.170. The molecule has 1 aliphatic carbocycles. The second-order valence-electron chi connectivity index (χ2n) is 6.96. The fourth-order valence-electron chi connectivity index (χ4n) is 2.99. The first kappa shape index (κ1) is 15.6. The van der Waals surface area contributed by atoms with Gasteiger partial charge in [0.2, 0.25) is 0 Å². The van der Waals surface area contributed by atoms with Crippen molar-refractivity contribution in [2.24, 2.45) is 10.4 Å². The number of nitrogens with one attached hydrogen (secondary N) is 1. The van der Waals surface area contributed by atoms with Gasteiger partial charge < -0.3 is 5.32 Å². The lowest BCUT2D eigenvalue weighted by molar-refractivity contribution is 0.375. The van der Waals surface area contributed by atoms with Crippen LogP contribution in [0.2, 0.25) is 0 Å². The van der Waals surface area contributed by atoms with Crippen molar-refractivity contribution in [2.45, 2.75) is 69.4 Å². The Morgan fingerprint density at radius 2 is 2.05 bits per heavy atom. The van der Waals surface area contributed by atoms with Gasteiger partial charge in [0.05, 0.1) is 6.54 Å².